The number of hydrogen-bond donors (Lipinski definition) is 7. The van der Waals surface area contributed by atoms with Crippen molar-refractivity contribution in [1.29, 1.82) is 0 Å². The predicted molar refractivity (Wildman–Crippen MR) is 65.2 cm³/mol. The number of carbonyl (C=O) groups is 1. The molecule has 0 aromatic rings. The highest BCUT2D eigenvalue weighted by Crippen LogP contribution is 2.73. The van der Waals surface area contributed by atoms with Crippen molar-refractivity contribution in [2.45, 2.75) is 24.2 Å². The van der Waals surface area contributed by atoms with Gasteiger partial charge in [-0.15, -0.1) is 0 Å². The molecule has 0 heterocycles. The van der Waals surface area contributed by atoms with E-state index in [1.807, 2.05) is 0 Å². The van der Waals surface area contributed by atoms with Gasteiger partial charge < -0.3 is 34.5 Å². The SMILES string of the molecule is O=C(O)CCC(CCP(=O)(O)O)(P(=O)(O)O)P(=O)(O)O. The van der Waals surface area contributed by atoms with Crippen LogP contribution in [0.25, 0.3) is 0 Å². The fourth-order valence-electron chi connectivity index (χ4n) is 1.51. The van der Waals surface area contributed by atoms with Gasteiger partial charge >= 0.3 is 28.8 Å². The minimum atomic E-state index is -5.54. The molecule has 14 heteroatoms. The maximum absolute atomic E-state index is 11.4. The van der Waals surface area contributed by atoms with E-state index in [1.54, 1.807) is 0 Å². The molecule has 7 N–H and O–H groups in total. The zero-order valence-corrected chi connectivity index (χ0v) is 12.6. The molecule has 0 amide bonds. The smallest absolute Gasteiger partial charge is 0.343 e. The highest BCUT2D eigenvalue weighted by Gasteiger charge is 2.59. The lowest BCUT2D eigenvalue weighted by Crippen LogP contribution is -2.31. The number of carboxylic acid groups (broad SMARTS) is 1. The van der Waals surface area contributed by atoms with Crippen molar-refractivity contribution in [1.82, 2.24) is 0 Å². The second-order valence-electron chi connectivity index (χ2n) is 4.10. The Hall–Kier alpha value is -0.0800. The van der Waals surface area contributed by atoms with Crippen molar-refractivity contribution >= 4 is 28.8 Å². The fraction of sp³-hybridized carbons (Fsp3) is 0.833. The van der Waals surface area contributed by atoms with Gasteiger partial charge in [-0.1, -0.05) is 0 Å². The van der Waals surface area contributed by atoms with Crippen LogP contribution in [0.15, 0.2) is 0 Å². The maximum atomic E-state index is 11.4. The zero-order valence-electron chi connectivity index (χ0n) is 9.93. The minimum absolute atomic E-state index is 0.975. The van der Waals surface area contributed by atoms with Crippen molar-refractivity contribution in [3.63, 3.8) is 0 Å². The Morgan fingerprint density at radius 2 is 1.25 bits per heavy atom. The van der Waals surface area contributed by atoms with E-state index in [1.165, 1.54) is 0 Å². The Labute approximate surface area is 113 Å². The average molecular weight is 356 g/mol. The van der Waals surface area contributed by atoms with E-state index < -0.39 is 59.1 Å². The van der Waals surface area contributed by atoms with Gasteiger partial charge in [0, 0.05) is 6.42 Å². The monoisotopic (exact) mass is 356 g/mol. The van der Waals surface area contributed by atoms with E-state index in [-0.39, 0.29) is 0 Å². The van der Waals surface area contributed by atoms with Gasteiger partial charge in [0.05, 0.1) is 6.16 Å². The molecule has 0 aromatic heterocycles. The summed E-state index contributed by atoms with van der Waals surface area (Å²) in [4.78, 5) is 61.3. The molecule has 0 aromatic carbocycles. The van der Waals surface area contributed by atoms with E-state index in [9.17, 15) is 18.5 Å². The summed E-state index contributed by atoms with van der Waals surface area (Å²) < 4.78 is 33.5. The third-order valence-electron chi connectivity index (χ3n) is 2.63. The van der Waals surface area contributed by atoms with Gasteiger partial charge in [-0.3, -0.25) is 18.5 Å². The lowest BCUT2D eigenvalue weighted by atomic mass is 10.2. The first-order valence-corrected chi connectivity index (χ1v) is 10.0. The van der Waals surface area contributed by atoms with Crippen molar-refractivity contribution in [2.24, 2.45) is 0 Å². The first-order valence-electron chi connectivity index (χ1n) is 5.00. The Kier molecular flexibility index (Phi) is 6.33. The molecule has 0 aliphatic rings. The van der Waals surface area contributed by atoms with Gasteiger partial charge in [0.25, 0.3) is 0 Å². The summed E-state index contributed by atoms with van der Waals surface area (Å²) in [5.74, 6) is -1.56. The molecule has 0 aliphatic heterocycles. The van der Waals surface area contributed by atoms with Gasteiger partial charge in [-0.05, 0) is 12.8 Å². The van der Waals surface area contributed by atoms with Crippen LogP contribution >= 0.6 is 22.8 Å². The zero-order chi connectivity index (χ0) is 16.4. The Balaban J connectivity index is 5.70. The first-order chi connectivity index (χ1) is 8.62. The summed E-state index contributed by atoms with van der Waals surface area (Å²) in [6.45, 7) is 0. The van der Waals surface area contributed by atoms with E-state index in [2.05, 4.69) is 0 Å². The highest BCUT2D eigenvalue weighted by molar-refractivity contribution is 7.72. The molecule has 0 bridgehead atoms. The van der Waals surface area contributed by atoms with Gasteiger partial charge in [0.15, 0.2) is 4.90 Å². The molecule has 0 unspecified atom stereocenters. The average Bonchev–Trinajstić information content (AvgIpc) is 2.10. The predicted octanol–water partition coefficient (Wildman–Crippen LogP) is -0.529. The van der Waals surface area contributed by atoms with Crippen LogP contribution in [-0.4, -0.2) is 51.5 Å². The van der Waals surface area contributed by atoms with E-state index in [0.717, 1.165) is 0 Å². The molecule has 0 fully saturated rings. The van der Waals surface area contributed by atoms with E-state index >= 15 is 0 Å². The van der Waals surface area contributed by atoms with Crippen molar-refractivity contribution in [2.75, 3.05) is 6.16 Å². The second-order valence-corrected chi connectivity index (χ2v) is 10.1. The van der Waals surface area contributed by atoms with Gasteiger partial charge in [0.2, 0.25) is 0 Å². The number of rotatable bonds is 8. The third-order valence-corrected chi connectivity index (χ3v) is 8.06. The van der Waals surface area contributed by atoms with Gasteiger partial charge in [0.1, 0.15) is 0 Å². The van der Waals surface area contributed by atoms with Crippen LogP contribution in [0.3, 0.4) is 0 Å². The Morgan fingerprint density at radius 3 is 1.50 bits per heavy atom. The van der Waals surface area contributed by atoms with Crippen LogP contribution in [0, 0.1) is 0 Å². The molecule has 11 nitrogen and oxygen atoms in total. The summed E-state index contributed by atoms with van der Waals surface area (Å²) in [6.07, 6.45) is -4.49. The molecular formula is C6H15O11P3. The quantitative estimate of drug-likeness (QED) is 0.275. The summed E-state index contributed by atoms with van der Waals surface area (Å²) in [5.41, 5.74) is 0. The van der Waals surface area contributed by atoms with Crippen molar-refractivity contribution < 1.29 is 53.0 Å². The van der Waals surface area contributed by atoms with Crippen LogP contribution in [-0.2, 0) is 18.5 Å². The van der Waals surface area contributed by atoms with Crippen LogP contribution < -0.4 is 0 Å². The first kappa shape index (κ1) is 19.9. The molecule has 0 atom stereocenters. The maximum Gasteiger partial charge on any atom is 0.343 e. The molecule has 0 radical (unpaired) electrons. The largest absolute Gasteiger partial charge is 0.481 e. The molecule has 0 saturated heterocycles. The molecule has 0 aliphatic carbocycles. The molecule has 20 heavy (non-hydrogen) atoms. The number of aliphatic carboxylic acids is 1. The standard InChI is InChI=1S/C6H15O11P3/c7-5(8)1-2-6(19(12,13)14,20(15,16)17)3-4-18(9,10)11/h1-4H2,(H,7,8)(H2,9,10,11)(H2,12,13,14)(H2,15,16,17). The Bertz CT molecular complexity index is 472. The molecule has 0 saturated carbocycles. The van der Waals surface area contributed by atoms with Crippen molar-refractivity contribution in [3.8, 4) is 0 Å². The topological polar surface area (TPSA) is 210 Å². The van der Waals surface area contributed by atoms with Crippen LogP contribution in [0.5, 0.6) is 0 Å². The lowest BCUT2D eigenvalue weighted by molar-refractivity contribution is -0.137. The molecular weight excluding hydrogens is 341 g/mol. The summed E-state index contributed by atoms with van der Waals surface area (Å²) in [6, 6.07) is 0. The summed E-state index contributed by atoms with van der Waals surface area (Å²) in [5, 5.41) is 8.48. The lowest BCUT2D eigenvalue weighted by Gasteiger charge is -2.34. The molecule has 120 valence electrons. The van der Waals surface area contributed by atoms with E-state index in [0.29, 0.717) is 0 Å². The molecule has 0 spiro atoms. The summed E-state index contributed by atoms with van der Waals surface area (Å²) in [7, 11) is -15.9. The molecule has 0 rings (SSSR count). The minimum Gasteiger partial charge on any atom is -0.481 e. The Morgan fingerprint density at radius 1 is 0.850 bits per heavy atom. The van der Waals surface area contributed by atoms with Crippen LogP contribution in [0.4, 0.5) is 0 Å². The summed E-state index contributed by atoms with van der Waals surface area (Å²) >= 11 is 0. The number of hydrogen-bond acceptors (Lipinski definition) is 4. The second kappa shape index (κ2) is 6.36. The highest BCUT2D eigenvalue weighted by atomic mass is 31.2. The van der Waals surface area contributed by atoms with Gasteiger partial charge in [-0.2, -0.15) is 0 Å². The van der Waals surface area contributed by atoms with Crippen molar-refractivity contribution in [3.05, 3.63) is 0 Å². The number of carboxylic acids is 1. The van der Waals surface area contributed by atoms with E-state index in [4.69, 9.17) is 34.5 Å². The third kappa shape index (κ3) is 5.37. The normalized spacial score (nSPS) is 14.3. The van der Waals surface area contributed by atoms with Crippen LogP contribution in [0.2, 0.25) is 0 Å². The van der Waals surface area contributed by atoms with Gasteiger partial charge in [-0.25, -0.2) is 0 Å². The fourth-order valence-corrected chi connectivity index (χ4v) is 5.50. The van der Waals surface area contributed by atoms with Crippen LogP contribution in [0.1, 0.15) is 19.3 Å².